The second-order valence-electron chi connectivity index (χ2n) is 3.25. The number of ether oxygens (including phenoxy) is 1. The number of halogens is 1. The monoisotopic (exact) mass is 212 g/mol. The second kappa shape index (κ2) is 4.01. The molecular formula is C11H13ClO2. The van der Waals surface area contributed by atoms with Crippen molar-refractivity contribution >= 4 is 17.4 Å². The molecule has 0 bridgehead atoms. The fourth-order valence-electron chi connectivity index (χ4n) is 1.53. The first kappa shape index (κ1) is 11.1. The third-order valence-electron chi connectivity index (χ3n) is 2.30. The SMILES string of the molecule is COc1c(C)c(Cl)cc(C(C)=O)c1C. The molecular weight excluding hydrogens is 200 g/mol. The molecule has 0 saturated heterocycles. The Morgan fingerprint density at radius 1 is 1.36 bits per heavy atom. The molecule has 0 unspecified atom stereocenters. The highest BCUT2D eigenvalue weighted by Crippen LogP contribution is 2.32. The number of carbonyl (C=O) groups is 1. The van der Waals surface area contributed by atoms with Gasteiger partial charge < -0.3 is 4.74 Å². The molecule has 0 spiro atoms. The lowest BCUT2D eigenvalue weighted by Crippen LogP contribution is -2.01. The Morgan fingerprint density at radius 3 is 2.36 bits per heavy atom. The Morgan fingerprint density at radius 2 is 1.93 bits per heavy atom. The highest BCUT2D eigenvalue weighted by atomic mass is 35.5. The van der Waals surface area contributed by atoms with Gasteiger partial charge in [0, 0.05) is 21.7 Å². The van der Waals surface area contributed by atoms with Crippen molar-refractivity contribution in [3.8, 4) is 5.75 Å². The molecule has 0 N–H and O–H groups in total. The average molecular weight is 213 g/mol. The molecule has 14 heavy (non-hydrogen) atoms. The molecule has 0 aromatic heterocycles. The highest BCUT2D eigenvalue weighted by Gasteiger charge is 2.14. The van der Waals surface area contributed by atoms with E-state index < -0.39 is 0 Å². The predicted octanol–water partition coefficient (Wildman–Crippen LogP) is 3.17. The van der Waals surface area contributed by atoms with E-state index in [-0.39, 0.29) is 5.78 Å². The van der Waals surface area contributed by atoms with E-state index in [0.717, 1.165) is 11.1 Å². The fourth-order valence-corrected chi connectivity index (χ4v) is 1.72. The van der Waals surface area contributed by atoms with Crippen molar-refractivity contribution < 1.29 is 9.53 Å². The molecule has 0 aliphatic rings. The number of ketones is 1. The molecule has 0 saturated carbocycles. The topological polar surface area (TPSA) is 26.3 Å². The van der Waals surface area contributed by atoms with E-state index in [1.807, 2.05) is 13.8 Å². The van der Waals surface area contributed by atoms with Crippen LogP contribution < -0.4 is 4.74 Å². The van der Waals surface area contributed by atoms with Crippen LogP contribution in [0.15, 0.2) is 6.07 Å². The molecule has 1 aromatic carbocycles. The zero-order chi connectivity index (χ0) is 10.9. The summed E-state index contributed by atoms with van der Waals surface area (Å²) >= 11 is 5.98. The number of benzene rings is 1. The fraction of sp³-hybridized carbons (Fsp3) is 0.364. The normalized spacial score (nSPS) is 10.1. The summed E-state index contributed by atoms with van der Waals surface area (Å²) in [5.41, 5.74) is 2.34. The van der Waals surface area contributed by atoms with E-state index in [9.17, 15) is 4.79 Å². The number of methoxy groups -OCH3 is 1. The van der Waals surface area contributed by atoms with Gasteiger partial charge in [-0.1, -0.05) is 11.6 Å². The number of Topliss-reactive ketones (excluding diaryl/α,β-unsaturated/α-hetero) is 1. The Hall–Kier alpha value is -1.02. The largest absolute Gasteiger partial charge is 0.496 e. The van der Waals surface area contributed by atoms with Crippen molar-refractivity contribution in [2.75, 3.05) is 7.11 Å². The maximum Gasteiger partial charge on any atom is 0.160 e. The number of rotatable bonds is 2. The Kier molecular flexibility index (Phi) is 3.17. The minimum Gasteiger partial charge on any atom is -0.496 e. The van der Waals surface area contributed by atoms with Crippen LogP contribution in [0.2, 0.25) is 5.02 Å². The van der Waals surface area contributed by atoms with Gasteiger partial charge in [0.05, 0.1) is 7.11 Å². The summed E-state index contributed by atoms with van der Waals surface area (Å²) in [5, 5.41) is 0.567. The second-order valence-corrected chi connectivity index (χ2v) is 3.65. The van der Waals surface area contributed by atoms with E-state index >= 15 is 0 Å². The van der Waals surface area contributed by atoms with Crippen LogP contribution in [-0.2, 0) is 0 Å². The molecule has 0 aliphatic heterocycles. The van der Waals surface area contributed by atoms with E-state index in [2.05, 4.69) is 0 Å². The summed E-state index contributed by atoms with van der Waals surface area (Å²) in [6, 6.07) is 1.69. The van der Waals surface area contributed by atoms with Gasteiger partial charge in [-0.05, 0) is 26.8 Å². The molecule has 0 aliphatic carbocycles. The molecule has 0 amide bonds. The molecule has 3 heteroatoms. The van der Waals surface area contributed by atoms with E-state index in [4.69, 9.17) is 16.3 Å². The van der Waals surface area contributed by atoms with Crippen molar-refractivity contribution in [2.45, 2.75) is 20.8 Å². The minimum absolute atomic E-state index is 0.00250. The van der Waals surface area contributed by atoms with Gasteiger partial charge in [0.1, 0.15) is 5.75 Å². The minimum atomic E-state index is 0.00250. The van der Waals surface area contributed by atoms with Crippen molar-refractivity contribution in [3.05, 3.63) is 27.8 Å². The zero-order valence-corrected chi connectivity index (χ0v) is 9.53. The first-order valence-corrected chi connectivity index (χ1v) is 4.71. The first-order chi connectivity index (χ1) is 6.49. The summed E-state index contributed by atoms with van der Waals surface area (Å²) < 4.78 is 5.21. The first-order valence-electron chi connectivity index (χ1n) is 4.33. The molecule has 0 radical (unpaired) electrons. The van der Waals surface area contributed by atoms with E-state index in [1.54, 1.807) is 13.2 Å². The van der Waals surface area contributed by atoms with Crippen LogP contribution in [0, 0.1) is 13.8 Å². The third-order valence-corrected chi connectivity index (χ3v) is 2.69. The standard InChI is InChI=1S/C11H13ClO2/c1-6-9(8(3)13)5-10(12)7(2)11(6)14-4/h5H,1-4H3. The van der Waals surface area contributed by atoms with Gasteiger partial charge in [0.2, 0.25) is 0 Å². The van der Waals surface area contributed by atoms with Gasteiger partial charge in [-0.2, -0.15) is 0 Å². The van der Waals surface area contributed by atoms with Crippen molar-refractivity contribution in [1.29, 1.82) is 0 Å². The van der Waals surface area contributed by atoms with Gasteiger partial charge in [0.25, 0.3) is 0 Å². The maximum atomic E-state index is 11.3. The van der Waals surface area contributed by atoms with Gasteiger partial charge in [-0.15, -0.1) is 0 Å². The Labute approximate surface area is 88.8 Å². The molecule has 2 nitrogen and oxygen atoms in total. The lowest BCUT2D eigenvalue weighted by Gasteiger charge is -2.12. The average Bonchev–Trinajstić information content (AvgIpc) is 2.12. The van der Waals surface area contributed by atoms with E-state index in [0.29, 0.717) is 16.3 Å². The number of hydrogen-bond acceptors (Lipinski definition) is 2. The van der Waals surface area contributed by atoms with Crippen LogP contribution in [0.3, 0.4) is 0 Å². The van der Waals surface area contributed by atoms with Crippen molar-refractivity contribution in [3.63, 3.8) is 0 Å². The zero-order valence-electron chi connectivity index (χ0n) is 8.77. The quantitative estimate of drug-likeness (QED) is 0.704. The smallest absolute Gasteiger partial charge is 0.160 e. The third kappa shape index (κ3) is 1.75. The molecule has 0 atom stereocenters. The number of hydrogen-bond donors (Lipinski definition) is 0. The van der Waals surface area contributed by atoms with Crippen LogP contribution in [0.5, 0.6) is 5.75 Å². The van der Waals surface area contributed by atoms with Crippen LogP contribution in [0.1, 0.15) is 28.4 Å². The molecule has 1 rings (SSSR count). The van der Waals surface area contributed by atoms with E-state index in [1.165, 1.54) is 6.92 Å². The van der Waals surface area contributed by atoms with Crippen LogP contribution in [-0.4, -0.2) is 12.9 Å². The Bertz CT molecular complexity index is 383. The highest BCUT2D eigenvalue weighted by molar-refractivity contribution is 6.32. The van der Waals surface area contributed by atoms with Crippen molar-refractivity contribution in [2.24, 2.45) is 0 Å². The van der Waals surface area contributed by atoms with Crippen LogP contribution in [0.4, 0.5) is 0 Å². The van der Waals surface area contributed by atoms with Crippen LogP contribution >= 0.6 is 11.6 Å². The van der Waals surface area contributed by atoms with Gasteiger partial charge in [-0.3, -0.25) is 4.79 Å². The lowest BCUT2D eigenvalue weighted by molar-refractivity contribution is 0.101. The predicted molar refractivity (Wildman–Crippen MR) is 57.5 cm³/mol. The molecule has 1 aromatic rings. The molecule has 76 valence electrons. The Balaban J connectivity index is 3.50. The summed E-state index contributed by atoms with van der Waals surface area (Å²) in [6.45, 7) is 5.25. The summed E-state index contributed by atoms with van der Waals surface area (Å²) in [4.78, 5) is 11.3. The summed E-state index contributed by atoms with van der Waals surface area (Å²) in [5.74, 6) is 0.699. The van der Waals surface area contributed by atoms with Gasteiger partial charge >= 0.3 is 0 Å². The van der Waals surface area contributed by atoms with Gasteiger partial charge in [0.15, 0.2) is 5.78 Å². The van der Waals surface area contributed by atoms with Crippen LogP contribution in [0.25, 0.3) is 0 Å². The summed E-state index contributed by atoms with van der Waals surface area (Å²) in [6.07, 6.45) is 0. The van der Waals surface area contributed by atoms with Crippen molar-refractivity contribution in [1.82, 2.24) is 0 Å². The summed E-state index contributed by atoms with van der Waals surface area (Å²) in [7, 11) is 1.58. The maximum absolute atomic E-state index is 11.3. The number of carbonyl (C=O) groups excluding carboxylic acids is 1. The lowest BCUT2D eigenvalue weighted by atomic mass is 10.0. The van der Waals surface area contributed by atoms with Gasteiger partial charge in [-0.25, -0.2) is 0 Å². The molecule has 0 fully saturated rings. The molecule has 0 heterocycles.